The van der Waals surface area contributed by atoms with Crippen molar-refractivity contribution in [1.82, 2.24) is 10.6 Å². The van der Waals surface area contributed by atoms with Crippen LogP contribution in [0.3, 0.4) is 0 Å². The molecule has 6 nitrogen and oxygen atoms in total. The van der Waals surface area contributed by atoms with Crippen molar-refractivity contribution < 1.29 is 19.1 Å². The highest BCUT2D eigenvalue weighted by Crippen LogP contribution is 2.32. The quantitative estimate of drug-likeness (QED) is 0.801. The predicted molar refractivity (Wildman–Crippen MR) is 90.6 cm³/mol. The second-order valence-corrected chi connectivity index (χ2v) is 6.79. The van der Waals surface area contributed by atoms with Crippen LogP contribution in [0.1, 0.15) is 39.7 Å². The van der Waals surface area contributed by atoms with Gasteiger partial charge in [-0.25, -0.2) is 0 Å². The second-order valence-electron chi connectivity index (χ2n) is 6.79. The van der Waals surface area contributed by atoms with Crippen LogP contribution < -0.4 is 20.1 Å². The molecule has 0 saturated carbocycles. The Bertz CT molecular complexity index is 599. The molecule has 1 aliphatic heterocycles. The molecular weight excluding hydrogens is 308 g/mol. The first-order valence-electron chi connectivity index (χ1n) is 8.32. The number of carbonyl (C=O) groups is 2. The van der Waals surface area contributed by atoms with Crippen molar-refractivity contribution in [2.45, 2.75) is 46.7 Å². The zero-order valence-corrected chi connectivity index (χ0v) is 14.7. The molecule has 0 spiro atoms. The lowest BCUT2D eigenvalue weighted by atomic mass is 10.0. The van der Waals surface area contributed by atoms with Gasteiger partial charge >= 0.3 is 0 Å². The van der Waals surface area contributed by atoms with Crippen LogP contribution in [0.15, 0.2) is 18.2 Å². The molecule has 0 fully saturated rings. The molecule has 2 amide bonds. The molecule has 1 aromatic rings. The maximum absolute atomic E-state index is 12.4. The van der Waals surface area contributed by atoms with Gasteiger partial charge in [0.05, 0.1) is 0 Å². The number of hydrogen-bond donors (Lipinski definition) is 2. The Balaban J connectivity index is 1.91. The summed E-state index contributed by atoms with van der Waals surface area (Å²) in [7, 11) is 0. The first-order valence-corrected chi connectivity index (χ1v) is 8.32. The van der Waals surface area contributed by atoms with Crippen LogP contribution in [0.5, 0.6) is 11.5 Å². The van der Waals surface area contributed by atoms with E-state index < -0.39 is 6.04 Å². The highest BCUT2D eigenvalue weighted by molar-refractivity contribution is 5.87. The molecule has 1 aliphatic rings. The van der Waals surface area contributed by atoms with Gasteiger partial charge in [-0.05, 0) is 29.5 Å². The lowest BCUT2D eigenvalue weighted by Crippen LogP contribution is -2.49. The minimum atomic E-state index is -0.537. The normalized spacial score (nSPS) is 13.9. The summed E-state index contributed by atoms with van der Waals surface area (Å²) in [6, 6.07) is 5.03. The number of fused-ring (bicyclic) bond motifs is 1. The smallest absolute Gasteiger partial charge is 0.243 e. The van der Waals surface area contributed by atoms with Gasteiger partial charge in [0, 0.05) is 13.0 Å². The van der Waals surface area contributed by atoms with Crippen molar-refractivity contribution in [2.75, 3.05) is 6.79 Å². The molecule has 1 atom stereocenters. The predicted octanol–water partition coefficient (Wildman–Crippen LogP) is 2.22. The molecule has 0 saturated heterocycles. The van der Waals surface area contributed by atoms with E-state index in [9.17, 15) is 9.59 Å². The van der Waals surface area contributed by atoms with Crippen molar-refractivity contribution in [3.05, 3.63) is 23.8 Å². The first kappa shape index (κ1) is 18.1. The molecule has 24 heavy (non-hydrogen) atoms. The molecule has 1 aromatic carbocycles. The third-order valence-corrected chi connectivity index (χ3v) is 3.76. The fraction of sp³-hybridized carbons (Fsp3) is 0.556. The van der Waals surface area contributed by atoms with Crippen LogP contribution in [-0.4, -0.2) is 24.6 Å². The molecule has 0 aromatic heterocycles. The molecule has 0 radical (unpaired) electrons. The maximum Gasteiger partial charge on any atom is 0.243 e. The van der Waals surface area contributed by atoms with Crippen molar-refractivity contribution >= 4 is 11.8 Å². The summed E-state index contributed by atoms with van der Waals surface area (Å²) < 4.78 is 10.6. The van der Waals surface area contributed by atoms with Gasteiger partial charge in [0.2, 0.25) is 18.6 Å². The van der Waals surface area contributed by atoms with Gasteiger partial charge in [-0.1, -0.05) is 33.8 Å². The highest BCUT2D eigenvalue weighted by Gasteiger charge is 2.24. The third-order valence-electron chi connectivity index (χ3n) is 3.76. The van der Waals surface area contributed by atoms with E-state index in [1.807, 2.05) is 45.9 Å². The Hall–Kier alpha value is -2.24. The van der Waals surface area contributed by atoms with Crippen molar-refractivity contribution in [3.8, 4) is 11.5 Å². The number of amides is 2. The zero-order valence-electron chi connectivity index (χ0n) is 14.7. The molecule has 0 unspecified atom stereocenters. The van der Waals surface area contributed by atoms with E-state index in [4.69, 9.17) is 9.47 Å². The summed E-state index contributed by atoms with van der Waals surface area (Å²) in [5.41, 5.74) is 0.920. The molecule has 0 bridgehead atoms. The van der Waals surface area contributed by atoms with E-state index in [1.54, 1.807) is 0 Å². The monoisotopic (exact) mass is 334 g/mol. The summed E-state index contributed by atoms with van der Waals surface area (Å²) in [6.07, 6.45) is 0.415. The summed E-state index contributed by atoms with van der Waals surface area (Å²) in [5, 5.41) is 5.71. The van der Waals surface area contributed by atoms with Gasteiger partial charge in [0.15, 0.2) is 11.5 Å². The molecule has 1 heterocycles. The van der Waals surface area contributed by atoms with Gasteiger partial charge in [-0.15, -0.1) is 0 Å². The van der Waals surface area contributed by atoms with E-state index in [2.05, 4.69) is 10.6 Å². The molecule has 6 heteroatoms. The van der Waals surface area contributed by atoms with Crippen molar-refractivity contribution in [3.63, 3.8) is 0 Å². The Morgan fingerprint density at radius 3 is 2.50 bits per heavy atom. The number of carbonyl (C=O) groups excluding carboxylic acids is 2. The van der Waals surface area contributed by atoms with Crippen molar-refractivity contribution in [1.29, 1.82) is 0 Å². The van der Waals surface area contributed by atoms with Gasteiger partial charge < -0.3 is 20.1 Å². The topological polar surface area (TPSA) is 76.7 Å². The largest absolute Gasteiger partial charge is 0.454 e. The summed E-state index contributed by atoms with van der Waals surface area (Å²) in [4.78, 5) is 24.4. The third kappa shape index (κ3) is 4.88. The summed E-state index contributed by atoms with van der Waals surface area (Å²) >= 11 is 0. The minimum absolute atomic E-state index is 0.0119. The fourth-order valence-electron chi connectivity index (χ4n) is 2.49. The van der Waals surface area contributed by atoms with Crippen LogP contribution in [-0.2, 0) is 16.1 Å². The number of benzene rings is 1. The maximum atomic E-state index is 12.4. The molecule has 0 aliphatic carbocycles. The summed E-state index contributed by atoms with van der Waals surface area (Å²) in [5.74, 6) is 1.40. The van der Waals surface area contributed by atoms with Crippen LogP contribution in [0.25, 0.3) is 0 Å². The lowest BCUT2D eigenvalue weighted by molar-refractivity contribution is -0.130. The average molecular weight is 334 g/mol. The van der Waals surface area contributed by atoms with Gasteiger partial charge in [0.25, 0.3) is 0 Å². The SMILES string of the molecule is CC(C)CC(=O)N[C@H](C(=O)NCc1ccc2c(c1)OCO2)C(C)C. The standard InChI is InChI=1S/C18H26N2O4/c1-11(2)7-16(21)20-17(12(3)4)18(22)19-9-13-5-6-14-15(8-13)24-10-23-14/h5-6,8,11-12,17H,7,9-10H2,1-4H3,(H,19,22)(H,20,21)/t17-/m0/s1. The van der Waals surface area contributed by atoms with Crippen LogP contribution in [0, 0.1) is 11.8 Å². The van der Waals surface area contributed by atoms with Gasteiger partial charge in [-0.2, -0.15) is 0 Å². The number of ether oxygens (including phenoxy) is 2. The van der Waals surface area contributed by atoms with Gasteiger partial charge in [-0.3, -0.25) is 9.59 Å². The number of rotatable bonds is 7. The number of nitrogens with one attached hydrogen (secondary N) is 2. The molecule has 132 valence electrons. The Kier molecular flexibility index (Phi) is 6.06. The van der Waals surface area contributed by atoms with Gasteiger partial charge in [0.1, 0.15) is 6.04 Å². The van der Waals surface area contributed by atoms with E-state index in [0.29, 0.717) is 24.5 Å². The molecular formula is C18H26N2O4. The zero-order chi connectivity index (χ0) is 17.7. The number of hydrogen-bond acceptors (Lipinski definition) is 4. The van der Waals surface area contributed by atoms with Crippen molar-refractivity contribution in [2.24, 2.45) is 11.8 Å². The van der Waals surface area contributed by atoms with Crippen LogP contribution in [0.2, 0.25) is 0 Å². The Labute approximate surface area is 142 Å². The Morgan fingerprint density at radius 2 is 1.83 bits per heavy atom. The van der Waals surface area contributed by atoms with E-state index in [1.165, 1.54) is 0 Å². The summed E-state index contributed by atoms with van der Waals surface area (Å²) in [6.45, 7) is 8.38. The van der Waals surface area contributed by atoms with E-state index in [0.717, 1.165) is 5.56 Å². The van der Waals surface area contributed by atoms with E-state index >= 15 is 0 Å². The molecule has 2 rings (SSSR count). The first-order chi connectivity index (χ1) is 11.4. The second kappa shape index (κ2) is 8.04. The van der Waals surface area contributed by atoms with E-state index in [-0.39, 0.29) is 30.4 Å². The average Bonchev–Trinajstić information content (AvgIpc) is 2.96. The minimum Gasteiger partial charge on any atom is -0.454 e. The lowest BCUT2D eigenvalue weighted by Gasteiger charge is -2.22. The fourth-order valence-corrected chi connectivity index (χ4v) is 2.49. The highest BCUT2D eigenvalue weighted by atomic mass is 16.7. The Morgan fingerprint density at radius 1 is 1.12 bits per heavy atom. The van der Waals surface area contributed by atoms with Crippen LogP contribution in [0.4, 0.5) is 0 Å². The van der Waals surface area contributed by atoms with Crippen LogP contribution >= 0.6 is 0 Å². The molecule has 2 N–H and O–H groups in total.